The maximum atomic E-state index is 16.2. The Morgan fingerprint density at radius 3 is 1.66 bits per heavy atom. The van der Waals surface area contributed by atoms with Crippen molar-refractivity contribution in [1.29, 1.82) is 0 Å². The van der Waals surface area contributed by atoms with Crippen molar-refractivity contribution in [1.82, 2.24) is 5.32 Å². The van der Waals surface area contributed by atoms with Gasteiger partial charge in [0.15, 0.2) is 0 Å². The van der Waals surface area contributed by atoms with Gasteiger partial charge in [0.2, 0.25) is 0 Å². The first-order chi connectivity index (χ1) is 30.6. The lowest BCUT2D eigenvalue weighted by atomic mass is 9.33. The Balaban J connectivity index is 1.64. The van der Waals surface area contributed by atoms with Crippen molar-refractivity contribution < 1.29 is 29.3 Å². The number of Topliss-reactive ketones (excluding diaryl/α,β-unsaturated/α-hetero) is 1. The highest BCUT2D eigenvalue weighted by Gasteiger charge is 2.76. The van der Waals surface area contributed by atoms with Gasteiger partial charge in [-0.3, -0.25) is 4.79 Å². The van der Waals surface area contributed by atoms with E-state index in [1.807, 2.05) is 0 Å². The SMILES string of the molecule is C=C[C@]1(C2CC(C)CCC2C(C)C)C[C@@H](OC(=O)NC(=O)O)[C@@]2(C3CC(C)CCC3C(C)C)[C@@H](C3CC(C)CCC3C(C)C)CC[C@]3(CCC(=O)[C@H]32)[C@@H](C2CC(C)CCC2C(C)C)[C@@H]1O. The largest absolute Gasteiger partial charge is 0.465 e. The third-order valence-electron chi connectivity index (χ3n) is 21.8. The van der Waals surface area contributed by atoms with Gasteiger partial charge in [0.25, 0.3) is 0 Å². The maximum Gasteiger partial charge on any atom is 0.416 e. The zero-order chi connectivity index (χ0) is 47.5. The van der Waals surface area contributed by atoms with Gasteiger partial charge in [-0.05, 0) is 189 Å². The molecule has 0 aromatic heterocycles. The number of rotatable bonds is 10. The van der Waals surface area contributed by atoms with Crippen molar-refractivity contribution in [3.8, 4) is 0 Å². The second-order valence-electron chi connectivity index (χ2n) is 26.4. The monoisotopic (exact) mass is 904 g/mol. The maximum absolute atomic E-state index is 16.2. The number of carbonyl (C=O) groups excluding carboxylic acids is 2. The fraction of sp³-hybridized carbons (Fsp3) is 0.914. The molecule has 3 N–H and O–H groups in total. The zero-order valence-electron chi connectivity index (χ0n) is 43.5. The highest BCUT2D eigenvalue weighted by molar-refractivity contribution is 5.87. The van der Waals surface area contributed by atoms with Gasteiger partial charge in [-0.1, -0.05) is 115 Å². The molecule has 20 atom stereocenters. The zero-order valence-corrected chi connectivity index (χ0v) is 43.5. The third-order valence-corrected chi connectivity index (χ3v) is 21.8. The molecule has 7 saturated carbocycles. The molecule has 65 heavy (non-hydrogen) atoms. The predicted molar refractivity (Wildman–Crippen MR) is 263 cm³/mol. The smallest absolute Gasteiger partial charge is 0.416 e. The molecule has 0 heterocycles. The van der Waals surface area contributed by atoms with Crippen LogP contribution in [0.5, 0.6) is 0 Å². The van der Waals surface area contributed by atoms with Gasteiger partial charge in [0, 0.05) is 23.2 Å². The Labute approximate surface area is 397 Å². The lowest BCUT2D eigenvalue weighted by Gasteiger charge is -2.71. The number of nitrogens with one attached hydrogen (secondary N) is 1. The van der Waals surface area contributed by atoms with E-state index in [1.165, 1.54) is 19.3 Å². The van der Waals surface area contributed by atoms with Crippen molar-refractivity contribution in [2.45, 2.75) is 204 Å². The summed E-state index contributed by atoms with van der Waals surface area (Å²) in [6, 6.07) is 0. The van der Waals surface area contributed by atoms with Gasteiger partial charge >= 0.3 is 12.2 Å². The average Bonchev–Trinajstić information content (AvgIpc) is 3.57. The Morgan fingerprint density at radius 1 is 0.662 bits per heavy atom. The van der Waals surface area contributed by atoms with E-state index < -0.39 is 40.6 Å². The van der Waals surface area contributed by atoms with Crippen LogP contribution < -0.4 is 5.32 Å². The molecule has 0 radical (unpaired) electrons. The topological polar surface area (TPSA) is 113 Å². The van der Waals surface area contributed by atoms with Crippen molar-refractivity contribution in [2.75, 3.05) is 0 Å². The van der Waals surface area contributed by atoms with Gasteiger partial charge in [0.05, 0.1) is 6.10 Å². The molecule has 7 heteroatoms. The number of ketones is 1. The Morgan fingerprint density at radius 2 is 1.14 bits per heavy atom. The number of hydrogen-bond acceptors (Lipinski definition) is 5. The van der Waals surface area contributed by atoms with Gasteiger partial charge in [-0.15, -0.1) is 6.58 Å². The fourth-order valence-corrected chi connectivity index (χ4v) is 19.2. The number of amides is 2. The molecular formula is C58H97NO6. The third kappa shape index (κ3) is 8.98. The van der Waals surface area contributed by atoms with Crippen LogP contribution in [0.3, 0.4) is 0 Å². The minimum Gasteiger partial charge on any atom is -0.465 e. The number of ether oxygens (including phenoxy) is 1. The number of hydrogen-bond donors (Lipinski definition) is 3. The number of carboxylic acid groups (broad SMARTS) is 1. The van der Waals surface area contributed by atoms with Crippen molar-refractivity contribution in [2.24, 2.45) is 129 Å². The first-order valence-electron chi connectivity index (χ1n) is 27.7. The highest BCUT2D eigenvalue weighted by atomic mass is 16.6. The van der Waals surface area contributed by atoms with E-state index in [0.717, 1.165) is 77.0 Å². The molecular weight excluding hydrogens is 807 g/mol. The molecule has 7 nitrogen and oxygen atoms in total. The average molecular weight is 904 g/mol. The molecule has 7 rings (SSSR count). The minimum absolute atomic E-state index is 0.0963. The van der Waals surface area contributed by atoms with Crippen LogP contribution in [-0.4, -0.2) is 40.4 Å². The molecule has 2 amide bonds. The van der Waals surface area contributed by atoms with Crippen molar-refractivity contribution in [3.05, 3.63) is 12.7 Å². The fourth-order valence-electron chi connectivity index (χ4n) is 19.2. The molecule has 12 unspecified atom stereocenters. The lowest BCUT2D eigenvalue weighted by molar-refractivity contribution is -0.267. The van der Waals surface area contributed by atoms with E-state index in [2.05, 4.69) is 94.5 Å². The summed E-state index contributed by atoms with van der Waals surface area (Å²) in [7, 11) is 0. The summed E-state index contributed by atoms with van der Waals surface area (Å²) >= 11 is 0. The molecule has 0 aliphatic heterocycles. The molecule has 7 aliphatic carbocycles. The molecule has 2 bridgehead atoms. The van der Waals surface area contributed by atoms with E-state index in [0.29, 0.717) is 95.6 Å². The van der Waals surface area contributed by atoms with E-state index in [-0.39, 0.29) is 35.5 Å². The first-order valence-corrected chi connectivity index (χ1v) is 27.7. The summed E-state index contributed by atoms with van der Waals surface area (Å²) in [5, 5.41) is 26.9. The summed E-state index contributed by atoms with van der Waals surface area (Å²) in [5.74, 6) is 6.03. The number of aliphatic hydroxyl groups is 1. The number of imide groups is 1. The molecule has 7 aliphatic rings. The number of carbonyl (C=O) groups is 3. The van der Waals surface area contributed by atoms with Crippen LogP contribution >= 0.6 is 0 Å². The predicted octanol–water partition coefficient (Wildman–Crippen LogP) is 14.5. The Bertz CT molecular complexity index is 1690. The summed E-state index contributed by atoms with van der Waals surface area (Å²) in [6.07, 6.45) is 15.2. The van der Waals surface area contributed by atoms with Crippen LogP contribution in [0.4, 0.5) is 9.59 Å². The van der Waals surface area contributed by atoms with E-state index in [9.17, 15) is 19.8 Å². The first kappa shape index (κ1) is 51.0. The Kier molecular flexibility index (Phi) is 15.6. The number of alkyl carbamates (subject to hydrolysis) is 1. The van der Waals surface area contributed by atoms with Crippen LogP contribution in [0.25, 0.3) is 0 Å². The summed E-state index contributed by atoms with van der Waals surface area (Å²) < 4.78 is 7.17. The molecule has 370 valence electrons. The van der Waals surface area contributed by atoms with Crippen LogP contribution in [0.2, 0.25) is 0 Å². The number of aliphatic hydroxyl groups excluding tert-OH is 1. The van der Waals surface area contributed by atoms with E-state index in [4.69, 9.17) is 11.3 Å². The second-order valence-corrected chi connectivity index (χ2v) is 26.4. The molecule has 0 saturated heterocycles. The van der Waals surface area contributed by atoms with Crippen molar-refractivity contribution in [3.63, 3.8) is 0 Å². The molecule has 0 aromatic carbocycles. The van der Waals surface area contributed by atoms with Crippen LogP contribution in [0, 0.1) is 129 Å². The lowest BCUT2D eigenvalue weighted by Crippen LogP contribution is -2.72. The molecule has 7 fully saturated rings. The van der Waals surface area contributed by atoms with Gasteiger partial charge in [-0.2, -0.15) is 0 Å². The molecule has 0 aromatic rings. The summed E-state index contributed by atoms with van der Waals surface area (Å²) in [5.41, 5.74) is -2.05. The quantitative estimate of drug-likeness (QED) is 0.188. The summed E-state index contributed by atoms with van der Waals surface area (Å²) in [6.45, 7) is 33.7. The van der Waals surface area contributed by atoms with Crippen LogP contribution in [0.15, 0.2) is 12.7 Å². The summed E-state index contributed by atoms with van der Waals surface area (Å²) in [4.78, 5) is 43.3. The van der Waals surface area contributed by atoms with Gasteiger partial charge in [0.1, 0.15) is 11.9 Å². The molecule has 0 spiro atoms. The van der Waals surface area contributed by atoms with E-state index in [1.54, 1.807) is 0 Å². The van der Waals surface area contributed by atoms with Gasteiger partial charge in [-0.25, -0.2) is 14.9 Å². The second kappa shape index (κ2) is 19.8. The van der Waals surface area contributed by atoms with E-state index >= 15 is 4.79 Å². The normalized spacial score (nSPS) is 47.3. The van der Waals surface area contributed by atoms with Gasteiger partial charge < -0.3 is 14.9 Å². The van der Waals surface area contributed by atoms with Crippen LogP contribution in [-0.2, 0) is 9.53 Å². The van der Waals surface area contributed by atoms with Crippen LogP contribution in [0.1, 0.15) is 192 Å². The highest BCUT2D eigenvalue weighted by Crippen LogP contribution is 2.77. The minimum atomic E-state index is -1.42. The standard InChI is InChI=1S/C58H97NO6/c1-14-56(47-29-38(12)17-21-42(47)34(6)7)31-50(65-55(64)59-54(62)63)58(48-30-39(13)18-22-43(48)35(8)9)46(44-27-36(10)15-19-40(44)32(2)3)23-25-57(26-24-49(60)52(57)58)51(53(56)61)45-28-37(11)16-20-41(45)33(4)5/h14,32-48,50-53,61H,1,15-31H2,2-13H3,(H,59,64)(H,62,63)/t36?,37?,38?,39?,40?,41?,42?,43?,44?,45?,46-,47?,48?,50-,51+,52-,53+,56-,57+,58+/m1/s1. The Hall–Kier alpha value is -1.89. The van der Waals surface area contributed by atoms with Crippen molar-refractivity contribution >= 4 is 18.0 Å².